The Balaban J connectivity index is 1.70. The van der Waals surface area contributed by atoms with Gasteiger partial charge in [0, 0.05) is 19.1 Å². The van der Waals surface area contributed by atoms with E-state index in [0.29, 0.717) is 11.8 Å². The fraction of sp³-hybridized carbons (Fsp3) is 0.588. The number of likely N-dealkylation sites (tertiary alicyclic amines) is 1. The van der Waals surface area contributed by atoms with Gasteiger partial charge in [0.25, 0.3) is 0 Å². The summed E-state index contributed by atoms with van der Waals surface area (Å²) in [6, 6.07) is 8.06. The third-order valence-corrected chi connectivity index (χ3v) is 5.19. The van der Waals surface area contributed by atoms with Gasteiger partial charge in [0.15, 0.2) is 0 Å². The molecule has 0 aromatic heterocycles. The van der Waals surface area contributed by atoms with Gasteiger partial charge in [-0.3, -0.25) is 4.79 Å². The second-order valence-corrected chi connectivity index (χ2v) is 6.41. The van der Waals surface area contributed by atoms with Crippen LogP contribution in [0.3, 0.4) is 0 Å². The molecule has 3 rings (SSSR count). The van der Waals surface area contributed by atoms with Gasteiger partial charge in [0.1, 0.15) is 5.75 Å². The van der Waals surface area contributed by atoms with Gasteiger partial charge in [-0.1, -0.05) is 12.1 Å². The predicted molar refractivity (Wildman–Crippen MR) is 82.2 cm³/mol. The number of fused-ring (bicyclic) bond motifs is 1. The quantitative estimate of drug-likeness (QED) is 0.925. The van der Waals surface area contributed by atoms with Gasteiger partial charge < -0.3 is 15.4 Å². The Bertz CT molecular complexity index is 531. The minimum atomic E-state index is -0.129. The van der Waals surface area contributed by atoms with Crippen molar-refractivity contribution in [3.05, 3.63) is 29.8 Å². The molecule has 114 valence electrons. The van der Waals surface area contributed by atoms with Gasteiger partial charge in [-0.15, -0.1) is 0 Å². The number of benzene rings is 1. The normalized spacial score (nSPS) is 29.3. The van der Waals surface area contributed by atoms with Gasteiger partial charge >= 0.3 is 0 Å². The average molecular weight is 288 g/mol. The molecule has 1 saturated carbocycles. The summed E-state index contributed by atoms with van der Waals surface area (Å²) in [5.74, 6) is 2.00. The van der Waals surface area contributed by atoms with Crippen molar-refractivity contribution in [1.82, 2.24) is 4.90 Å². The molecule has 1 saturated heterocycles. The van der Waals surface area contributed by atoms with Gasteiger partial charge in [0.05, 0.1) is 13.0 Å². The third kappa shape index (κ3) is 2.64. The number of hydrogen-bond donors (Lipinski definition) is 1. The molecule has 1 amide bonds. The number of rotatable bonds is 3. The summed E-state index contributed by atoms with van der Waals surface area (Å²) < 4.78 is 5.24. The zero-order chi connectivity index (χ0) is 15.0. The molecule has 4 atom stereocenters. The molecule has 1 aromatic rings. The maximum absolute atomic E-state index is 12.7. The van der Waals surface area contributed by atoms with Crippen LogP contribution in [0.2, 0.25) is 0 Å². The Morgan fingerprint density at radius 3 is 2.90 bits per heavy atom. The van der Waals surface area contributed by atoms with Gasteiger partial charge in [-0.2, -0.15) is 0 Å². The summed E-state index contributed by atoms with van der Waals surface area (Å²) in [5.41, 5.74) is 7.17. The summed E-state index contributed by atoms with van der Waals surface area (Å²) >= 11 is 0. The number of carbonyl (C=O) groups is 1. The molecule has 0 radical (unpaired) electrons. The highest BCUT2D eigenvalue weighted by molar-refractivity contribution is 5.83. The van der Waals surface area contributed by atoms with E-state index in [1.165, 1.54) is 6.42 Å². The van der Waals surface area contributed by atoms with Crippen LogP contribution >= 0.6 is 0 Å². The summed E-state index contributed by atoms with van der Waals surface area (Å²) in [4.78, 5) is 14.7. The van der Waals surface area contributed by atoms with E-state index in [1.54, 1.807) is 7.11 Å². The number of carbonyl (C=O) groups excluding carboxylic acids is 1. The second-order valence-electron chi connectivity index (χ2n) is 6.41. The monoisotopic (exact) mass is 288 g/mol. The van der Waals surface area contributed by atoms with Crippen molar-refractivity contribution in [3.8, 4) is 5.75 Å². The zero-order valence-corrected chi connectivity index (χ0v) is 12.8. The van der Waals surface area contributed by atoms with E-state index < -0.39 is 0 Å². The van der Waals surface area contributed by atoms with Crippen LogP contribution in [0.4, 0.5) is 0 Å². The Morgan fingerprint density at radius 1 is 1.38 bits per heavy atom. The molecular formula is C17H24N2O2. The number of hydrogen-bond acceptors (Lipinski definition) is 3. The fourth-order valence-corrected chi connectivity index (χ4v) is 3.81. The number of amides is 1. The van der Waals surface area contributed by atoms with E-state index in [1.807, 2.05) is 36.1 Å². The molecular weight excluding hydrogens is 264 g/mol. The van der Waals surface area contributed by atoms with Crippen LogP contribution in [0.25, 0.3) is 0 Å². The summed E-state index contributed by atoms with van der Waals surface area (Å²) in [5, 5.41) is 0. The molecule has 1 aliphatic carbocycles. The lowest BCUT2D eigenvalue weighted by molar-refractivity contribution is -0.131. The lowest BCUT2D eigenvalue weighted by atomic mass is 9.98. The SMILES string of the molecule is COc1cccc(C(C)C(=O)N2CC3CCC(N)C3C2)c1. The Morgan fingerprint density at radius 2 is 2.19 bits per heavy atom. The molecule has 2 fully saturated rings. The molecule has 4 unspecified atom stereocenters. The Labute approximate surface area is 126 Å². The Hall–Kier alpha value is -1.55. The van der Waals surface area contributed by atoms with E-state index in [-0.39, 0.29) is 17.9 Å². The van der Waals surface area contributed by atoms with Crippen molar-refractivity contribution < 1.29 is 9.53 Å². The highest BCUT2D eigenvalue weighted by Crippen LogP contribution is 2.38. The summed E-state index contributed by atoms with van der Waals surface area (Å²) in [6.07, 6.45) is 2.28. The molecule has 4 heteroatoms. The Kier molecular flexibility index (Phi) is 3.89. The van der Waals surface area contributed by atoms with Crippen molar-refractivity contribution in [2.24, 2.45) is 17.6 Å². The minimum absolute atomic E-state index is 0.129. The van der Waals surface area contributed by atoms with Crippen LogP contribution < -0.4 is 10.5 Å². The van der Waals surface area contributed by atoms with Gasteiger partial charge in [0.2, 0.25) is 5.91 Å². The molecule has 0 bridgehead atoms. The van der Waals surface area contributed by atoms with Crippen molar-refractivity contribution in [2.45, 2.75) is 31.7 Å². The maximum atomic E-state index is 12.7. The number of methoxy groups -OCH3 is 1. The first-order valence-electron chi connectivity index (χ1n) is 7.78. The molecule has 1 heterocycles. The lowest BCUT2D eigenvalue weighted by Crippen LogP contribution is -2.35. The van der Waals surface area contributed by atoms with Crippen LogP contribution in [0, 0.1) is 11.8 Å². The molecule has 0 spiro atoms. The molecule has 1 aromatic carbocycles. The average Bonchev–Trinajstić information content (AvgIpc) is 3.08. The lowest BCUT2D eigenvalue weighted by Gasteiger charge is -2.23. The zero-order valence-electron chi connectivity index (χ0n) is 12.8. The van der Waals surface area contributed by atoms with E-state index >= 15 is 0 Å². The second kappa shape index (κ2) is 5.68. The van der Waals surface area contributed by atoms with Crippen molar-refractivity contribution in [2.75, 3.05) is 20.2 Å². The summed E-state index contributed by atoms with van der Waals surface area (Å²) in [7, 11) is 1.65. The van der Waals surface area contributed by atoms with E-state index in [0.717, 1.165) is 30.8 Å². The maximum Gasteiger partial charge on any atom is 0.229 e. The highest BCUT2D eigenvalue weighted by Gasteiger charge is 2.43. The van der Waals surface area contributed by atoms with Crippen molar-refractivity contribution in [3.63, 3.8) is 0 Å². The standard InChI is InChI=1S/C17H24N2O2/c1-11(12-4-3-5-14(8-12)21-2)17(20)19-9-13-6-7-16(18)15(13)10-19/h3-5,8,11,13,15-16H,6-7,9-10,18H2,1-2H3. The van der Waals surface area contributed by atoms with Crippen LogP contribution in [0.1, 0.15) is 31.2 Å². The molecule has 21 heavy (non-hydrogen) atoms. The van der Waals surface area contributed by atoms with Crippen LogP contribution in [-0.2, 0) is 4.79 Å². The van der Waals surface area contributed by atoms with E-state index in [4.69, 9.17) is 10.5 Å². The van der Waals surface area contributed by atoms with Crippen LogP contribution in [0.5, 0.6) is 5.75 Å². The largest absolute Gasteiger partial charge is 0.497 e. The first kappa shape index (κ1) is 14.4. The smallest absolute Gasteiger partial charge is 0.229 e. The van der Waals surface area contributed by atoms with Gasteiger partial charge in [-0.25, -0.2) is 0 Å². The van der Waals surface area contributed by atoms with E-state index in [2.05, 4.69) is 0 Å². The molecule has 1 aliphatic heterocycles. The van der Waals surface area contributed by atoms with E-state index in [9.17, 15) is 4.79 Å². The van der Waals surface area contributed by atoms with Gasteiger partial charge in [-0.05, 0) is 49.3 Å². The number of ether oxygens (including phenoxy) is 1. The molecule has 2 N–H and O–H groups in total. The molecule has 4 nitrogen and oxygen atoms in total. The van der Waals surface area contributed by atoms with Crippen molar-refractivity contribution in [1.29, 1.82) is 0 Å². The van der Waals surface area contributed by atoms with Crippen LogP contribution in [0.15, 0.2) is 24.3 Å². The first-order valence-corrected chi connectivity index (χ1v) is 7.78. The summed E-state index contributed by atoms with van der Waals surface area (Å²) in [6.45, 7) is 3.69. The fourth-order valence-electron chi connectivity index (χ4n) is 3.81. The topological polar surface area (TPSA) is 55.6 Å². The van der Waals surface area contributed by atoms with Crippen molar-refractivity contribution >= 4 is 5.91 Å². The highest BCUT2D eigenvalue weighted by atomic mass is 16.5. The predicted octanol–water partition coefficient (Wildman–Crippen LogP) is 1.99. The minimum Gasteiger partial charge on any atom is -0.497 e. The first-order chi connectivity index (χ1) is 10.1. The molecule has 2 aliphatic rings. The number of nitrogens with two attached hydrogens (primary N) is 1. The number of nitrogens with zero attached hydrogens (tertiary/aromatic N) is 1. The van der Waals surface area contributed by atoms with Crippen LogP contribution in [-0.4, -0.2) is 37.0 Å². The third-order valence-electron chi connectivity index (χ3n) is 5.19.